The van der Waals surface area contributed by atoms with Crippen molar-refractivity contribution < 1.29 is 14.6 Å². The fourth-order valence-electron chi connectivity index (χ4n) is 4.37. The molecule has 0 aliphatic carbocycles. The second-order valence-corrected chi connectivity index (χ2v) is 7.34. The van der Waals surface area contributed by atoms with Crippen LogP contribution in [0.25, 0.3) is 0 Å². The van der Waals surface area contributed by atoms with Gasteiger partial charge in [0.05, 0.1) is 7.11 Å². The van der Waals surface area contributed by atoms with E-state index in [0.717, 1.165) is 38.0 Å². The number of hydrogen-bond acceptors (Lipinski definition) is 5. The number of esters is 1. The van der Waals surface area contributed by atoms with Gasteiger partial charge in [0.1, 0.15) is 5.75 Å². The van der Waals surface area contributed by atoms with Gasteiger partial charge in [-0.2, -0.15) is 0 Å². The lowest BCUT2D eigenvalue weighted by Crippen LogP contribution is -2.50. The molecule has 2 saturated heterocycles. The van der Waals surface area contributed by atoms with Crippen molar-refractivity contribution in [1.29, 1.82) is 0 Å². The summed E-state index contributed by atoms with van der Waals surface area (Å²) in [5.74, 6) is 0.741. The number of piperidine rings is 1. The summed E-state index contributed by atoms with van der Waals surface area (Å²) in [6, 6.07) is 8.15. The summed E-state index contributed by atoms with van der Waals surface area (Å²) >= 11 is 0. The Kier molecular flexibility index (Phi) is 6.32. The maximum Gasteiger partial charge on any atom is 0.305 e. The molecule has 2 aliphatic heterocycles. The minimum absolute atomic E-state index is 0.113. The Bertz CT molecular complexity index is 572. The van der Waals surface area contributed by atoms with Gasteiger partial charge in [0, 0.05) is 31.1 Å². The zero-order valence-electron chi connectivity index (χ0n) is 15.2. The minimum atomic E-state index is -0.113. The summed E-state index contributed by atoms with van der Waals surface area (Å²) in [4.78, 5) is 16.7. The smallest absolute Gasteiger partial charge is 0.305 e. The van der Waals surface area contributed by atoms with E-state index in [1.54, 1.807) is 6.07 Å². The second-order valence-electron chi connectivity index (χ2n) is 7.34. The molecule has 25 heavy (non-hydrogen) atoms. The van der Waals surface area contributed by atoms with E-state index in [1.165, 1.54) is 33.0 Å². The highest BCUT2D eigenvalue weighted by Crippen LogP contribution is 2.30. The lowest BCUT2D eigenvalue weighted by Gasteiger charge is -2.43. The lowest BCUT2D eigenvalue weighted by molar-refractivity contribution is -0.141. The fraction of sp³-hybridized carbons (Fsp3) is 0.650. The number of ether oxygens (including phenoxy) is 1. The number of hydrogen-bond donors (Lipinski definition) is 1. The van der Waals surface area contributed by atoms with Crippen LogP contribution in [0.3, 0.4) is 0 Å². The molecule has 0 aromatic heterocycles. The first-order valence-corrected chi connectivity index (χ1v) is 9.47. The van der Waals surface area contributed by atoms with Crippen LogP contribution in [0.5, 0.6) is 5.75 Å². The van der Waals surface area contributed by atoms with Gasteiger partial charge in [0.15, 0.2) is 0 Å². The van der Waals surface area contributed by atoms with Crippen LogP contribution in [-0.2, 0) is 16.1 Å². The van der Waals surface area contributed by atoms with E-state index < -0.39 is 0 Å². The number of carbonyl (C=O) groups is 1. The molecule has 0 amide bonds. The first kappa shape index (κ1) is 18.2. The highest BCUT2D eigenvalue weighted by molar-refractivity contribution is 5.69. The van der Waals surface area contributed by atoms with E-state index in [0.29, 0.717) is 24.1 Å². The van der Waals surface area contributed by atoms with Crippen LogP contribution >= 0.6 is 0 Å². The van der Waals surface area contributed by atoms with Gasteiger partial charge >= 0.3 is 5.97 Å². The average molecular weight is 346 g/mol. The quantitative estimate of drug-likeness (QED) is 0.803. The molecule has 3 rings (SSSR count). The summed E-state index contributed by atoms with van der Waals surface area (Å²) in [6.45, 7) is 5.18. The van der Waals surface area contributed by atoms with Crippen LogP contribution < -0.4 is 0 Å². The maximum absolute atomic E-state index is 11.6. The number of methoxy groups -OCH3 is 1. The van der Waals surface area contributed by atoms with E-state index in [1.807, 2.05) is 18.2 Å². The van der Waals surface area contributed by atoms with Crippen molar-refractivity contribution >= 4 is 5.97 Å². The van der Waals surface area contributed by atoms with Crippen molar-refractivity contribution in [2.45, 2.75) is 44.7 Å². The molecular weight excluding hydrogens is 316 g/mol. The fourth-order valence-corrected chi connectivity index (χ4v) is 4.37. The monoisotopic (exact) mass is 346 g/mol. The van der Waals surface area contributed by atoms with Crippen molar-refractivity contribution in [1.82, 2.24) is 9.80 Å². The Balaban J connectivity index is 1.64. The molecule has 0 saturated carbocycles. The maximum atomic E-state index is 11.6. The number of phenols is 1. The summed E-state index contributed by atoms with van der Waals surface area (Å²) in [5.41, 5.74) is 0.980. The molecule has 5 heteroatoms. The Hall–Kier alpha value is -1.59. The van der Waals surface area contributed by atoms with Crippen LogP contribution in [-0.4, -0.2) is 60.2 Å². The molecule has 1 N–H and O–H groups in total. The molecule has 2 fully saturated rings. The third kappa shape index (κ3) is 4.73. The highest BCUT2D eigenvalue weighted by atomic mass is 16.5. The third-order valence-corrected chi connectivity index (χ3v) is 5.72. The molecule has 2 aliphatic rings. The van der Waals surface area contributed by atoms with Crippen molar-refractivity contribution in [2.24, 2.45) is 5.92 Å². The number of carbonyl (C=O) groups excluding carboxylic acids is 1. The van der Waals surface area contributed by atoms with E-state index in [2.05, 4.69) is 9.80 Å². The molecular formula is C20H30N2O3. The van der Waals surface area contributed by atoms with Crippen molar-refractivity contribution in [3.8, 4) is 5.75 Å². The number of benzene rings is 1. The summed E-state index contributed by atoms with van der Waals surface area (Å²) in [5, 5.41) is 10.0. The Morgan fingerprint density at radius 1 is 1.24 bits per heavy atom. The molecule has 2 atom stereocenters. The number of aromatic hydroxyl groups is 1. The number of para-hydroxylation sites is 1. The lowest BCUT2D eigenvalue weighted by atomic mass is 9.87. The molecule has 0 bridgehead atoms. The minimum Gasteiger partial charge on any atom is -0.508 e. The van der Waals surface area contributed by atoms with Gasteiger partial charge in [0.25, 0.3) is 0 Å². The number of phenolic OH excluding ortho intramolecular Hbond substituents is 1. The highest BCUT2D eigenvalue weighted by Gasteiger charge is 2.34. The predicted octanol–water partition coefficient (Wildman–Crippen LogP) is 2.63. The van der Waals surface area contributed by atoms with Crippen LogP contribution in [0, 0.1) is 5.92 Å². The normalized spacial score (nSPS) is 25.2. The zero-order chi connectivity index (χ0) is 17.6. The van der Waals surface area contributed by atoms with Crippen molar-refractivity contribution in [3.63, 3.8) is 0 Å². The largest absolute Gasteiger partial charge is 0.508 e. The first-order valence-electron chi connectivity index (χ1n) is 9.47. The number of nitrogens with zero attached hydrogens (tertiary/aromatic N) is 2. The number of likely N-dealkylation sites (tertiary alicyclic amines) is 2. The van der Waals surface area contributed by atoms with Gasteiger partial charge in [-0.3, -0.25) is 9.69 Å². The van der Waals surface area contributed by atoms with Gasteiger partial charge in [-0.05, 0) is 57.3 Å². The SMILES string of the molecule is COC(=O)CC[C@H]1CN(Cc2ccccc2O)CC[C@H]1N1CCCC1. The number of rotatable bonds is 6. The first-order chi connectivity index (χ1) is 12.2. The molecule has 0 spiro atoms. The topological polar surface area (TPSA) is 53.0 Å². The molecule has 0 unspecified atom stereocenters. The van der Waals surface area contributed by atoms with Crippen LogP contribution in [0.15, 0.2) is 24.3 Å². The summed E-state index contributed by atoms with van der Waals surface area (Å²) in [6.07, 6.45) is 5.10. The molecule has 2 heterocycles. The third-order valence-electron chi connectivity index (χ3n) is 5.72. The summed E-state index contributed by atoms with van der Waals surface area (Å²) < 4.78 is 4.84. The Morgan fingerprint density at radius 2 is 2.00 bits per heavy atom. The standard InChI is InChI=1S/C20H30N2O3/c1-25-20(24)9-8-16-14-21(15-17-6-2-3-7-19(17)23)13-10-18(16)22-11-4-5-12-22/h2-3,6-7,16,18,23H,4-5,8-15H2,1H3/t16-,18+/m0/s1. The van der Waals surface area contributed by atoms with E-state index in [-0.39, 0.29) is 5.97 Å². The Labute approximate surface area is 150 Å². The molecule has 1 aromatic rings. The summed E-state index contributed by atoms with van der Waals surface area (Å²) in [7, 11) is 1.46. The average Bonchev–Trinajstić information content (AvgIpc) is 3.16. The predicted molar refractivity (Wildman–Crippen MR) is 97.3 cm³/mol. The van der Waals surface area contributed by atoms with Gasteiger partial charge < -0.3 is 14.7 Å². The van der Waals surface area contributed by atoms with Crippen molar-refractivity contribution in [3.05, 3.63) is 29.8 Å². The molecule has 5 nitrogen and oxygen atoms in total. The van der Waals surface area contributed by atoms with Crippen LogP contribution in [0.2, 0.25) is 0 Å². The molecule has 138 valence electrons. The molecule has 1 aromatic carbocycles. The van der Waals surface area contributed by atoms with Crippen LogP contribution in [0.1, 0.15) is 37.7 Å². The molecule has 0 radical (unpaired) electrons. The van der Waals surface area contributed by atoms with Crippen LogP contribution in [0.4, 0.5) is 0 Å². The van der Waals surface area contributed by atoms with E-state index in [9.17, 15) is 9.90 Å². The zero-order valence-corrected chi connectivity index (χ0v) is 15.2. The Morgan fingerprint density at radius 3 is 2.72 bits per heavy atom. The van der Waals surface area contributed by atoms with Gasteiger partial charge in [-0.15, -0.1) is 0 Å². The van der Waals surface area contributed by atoms with E-state index >= 15 is 0 Å². The van der Waals surface area contributed by atoms with Gasteiger partial charge in [-0.1, -0.05) is 18.2 Å². The second kappa shape index (κ2) is 8.68. The van der Waals surface area contributed by atoms with E-state index in [4.69, 9.17) is 4.74 Å². The van der Waals surface area contributed by atoms with Crippen molar-refractivity contribution in [2.75, 3.05) is 33.3 Å². The van der Waals surface area contributed by atoms with Gasteiger partial charge in [-0.25, -0.2) is 0 Å². The van der Waals surface area contributed by atoms with Gasteiger partial charge in [0.2, 0.25) is 0 Å².